The van der Waals surface area contributed by atoms with Crippen LogP contribution in [0.25, 0.3) is 0 Å². The van der Waals surface area contributed by atoms with Gasteiger partial charge in [-0.05, 0) is 19.3 Å². The fraction of sp³-hybridized carbons (Fsp3) is 0.800. The van der Waals surface area contributed by atoms with Gasteiger partial charge >= 0.3 is 0 Å². The number of hydrogen-bond donors (Lipinski definition) is 2. The third kappa shape index (κ3) is 1.80. The third-order valence-electron chi connectivity index (χ3n) is 2.61. The Balaban J connectivity index is 2.77. The summed E-state index contributed by atoms with van der Waals surface area (Å²) in [4.78, 5) is 0. The van der Waals surface area contributed by atoms with Gasteiger partial charge in [0.15, 0.2) is 0 Å². The first-order chi connectivity index (χ1) is 5.43. The molecule has 68 valence electrons. The predicted octanol–water partition coefficient (Wildman–Crippen LogP) is 0.710. The van der Waals surface area contributed by atoms with E-state index in [0.717, 1.165) is 6.42 Å². The Hall–Kier alpha value is -0.520. The molecule has 12 heavy (non-hydrogen) atoms. The van der Waals surface area contributed by atoms with Gasteiger partial charge in [-0.25, -0.2) is 0 Å². The minimum absolute atomic E-state index is 0.0196. The molecule has 0 radical (unpaired) electrons. The van der Waals surface area contributed by atoms with Gasteiger partial charge in [0.2, 0.25) is 0 Å². The van der Waals surface area contributed by atoms with Gasteiger partial charge in [-0.15, -0.1) is 0 Å². The molecule has 3 atom stereocenters. The van der Waals surface area contributed by atoms with Crippen LogP contribution in [0.3, 0.4) is 0 Å². The van der Waals surface area contributed by atoms with Crippen molar-refractivity contribution in [2.75, 3.05) is 0 Å². The van der Waals surface area contributed by atoms with Crippen LogP contribution in [0.1, 0.15) is 27.2 Å². The molecule has 0 aromatic heterocycles. The standard InChI is InChI=1S/C10H18N2/c1-7(2)8-4-5-10(3,12)9(11)6-8/h7-9H,6,11-12H2,1-3H3. The number of rotatable bonds is 1. The maximum absolute atomic E-state index is 5.91. The van der Waals surface area contributed by atoms with Crippen LogP contribution in [0, 0.1) is 23.7 Å². The second-order valence-corrected chi connectivity index (χ2v) is 4.24. The van der Waals surface area contributed by atoms with Gasteiger partial charge in [0.1, 0.15) is 0 Å². The summed E-state index contributed by atoms with van der Waals surface area (Å²) < 4.78 is 0. The van der Waals surface area contributed by atoms with E-state index < -0.39 is 5.54 Å². The topological polar surface area (TPSA) is 52.0 Å². The van der Waals surface area contributed by atoms with Crippen LogP contribution in [0.15, 0.2) is 0 Å². The Labute approximate surface area is 74.7 Å². The average molecular weight is 166 g/mol. The molecule has 0 aromatic carbocycles. The lowest BCUT2D eigenvalue weighted by Crippen LogP contribution is -2.54. The van der Waals surface area contributed by atoms with Crippen molar-refractivity contribution in [2.24, 2.45) is 23.3 Å². The molecule has 0 aromatic rings. The maximum Gasteiger partial charge on any atom is 0.0900 e. The van der Waals surface area contributed by atoms with Gasteiger partial charge < -0.3 is 11.5 Å². The van der Waals surface area contributed by atoms with Gasteiger partial charge in [0, 0.05) is 12.0 Å². The van der Waals surface area contributed by atoms with Crippen LogP contribution >= 0.6 is 0 Å². The molecule has 1 aliphatic carbocycles. The fourth-order valence-corrected chi connectivity index (χ4v) is 1.36. The Kier molecular flexibility index (Phi) is 2.46. The molecule has 0 bridgehead atoms. The van der Waals surface area contributed by atoms with E-state index in [2.05, 4.69) is 25.7 Å². The molecule has 0 spiro atoms. The normalized spacial score (nSPS) is 40.8. The first-order valence-electron chi connectivity index (χ1n) is 4.50. The van der Waals surface area contributed by atoms with E-state index in [9.17, 15) is 0 Å². The van der Waals surface area contributed by atoms with Crippen molar-refractivity contribution in [3.05, 3.63) is 0 Å². The second kappa shape index (κ2) is 3.08. The highest BCUT2D eigenvalue weighted by atomic mass is 14.8. The summed E-state index contributed by atoms with van der Waals surface area (Å²) in [6, 6.07) is 0.0196. The Morgan fingerprint density at radius 2 is 2.08 bits per heavy atom. The average Bonchev–Trinajstić information content (AvgIpc) is 1.94. The molecule has 0 aliphatic heterocycles. The minimum atomic E-state index is -0.481. The largest absolute Gasteiger partial charge is 0.325 e. The zero-order valence-electron chi connectivity index (χ0n) is 8.09. The Morgan fingerprint density at radius 1 is 1.50 bits per heavy atom. The van der Waals surface area contributed by atoms with Gasteiger partial charge in [-0.1, -0.05) is 25.7 Å². The molecule has 0 saturated carbocycles. The Morgan fingerprint density at radius 3 is 2.50 bits per heavy atom. The minimum Gasteiger partial charge on any atom is -0.325 e. The molecule has 0 heterocycles. The van der Waals surface area contributed by atoms with Crippen molar-refractivity contribution in [1.29, 1.82) is 0 Å². The van der Waals surface area contributed by atoms with E-state index in [4.69, 9.17) is 11.5 Å². The molecule has 0 saturated heterocycles. The van der Waals surface area contributed by atoms with Crippen molar-refractivity contribution in [3.63, 3.8) is 0 Å². The second-order valence-electron chi connectivity index (χ2n) is 4.24. The summed E-state index contributed by atoms with van der Waals surface area (Å²) in [5.41, 5.74) is 11.3. The summed E-state index contributed by atoms with van der Waals surface area (Å²) >= 11 is 0. The van der Waals surface area contributed by atoms with Crippen molar-refractivity contribution in [2.45, 2.75) is 38.8 Å². The quantitative estimate of drug-likeness (QED) is 0.564. The highest BCUT2D eigenvalue weighted by Gasteiger charge is 2.31. The summed E-state index contributed by atoms with van der Waals surface area (Å²) in [5.74, 6) is 7.24. The monoisotopic (exact) mass is 166 g/mol. The highest BCUT2D eigenvalue weighted by Crippen LogP contribution is 2.23. The van der Waals surface area contributed by atoms with E-state index in [-0.39, 0.29) is 6.04 Å². The van der Waals surface area contributed by atoms with Gasteiger partial charge in [-0.2, -0.15) is 0 Å². The van der Waals surface area contributed by atoms with Gasteiger partial charge in [0.25, 0.3) is 0 Å². The summed E-state index contributed by atoms with van der Waals surface area (Å²) in [5, 5.41) is 0. The van der Waals surface area contributed by atoms with E-state index in [1.807, 2.05) is 6.92 Å². The maximum atomic E-state index is 5.91. The molecule has 0 amide bonds. The van der Waals surface area contributed by atoms with Crippen LogP contribution in [-0.2, 0) is 0 Å². The lowest BCUT2D eigenvalue weighted by molar-refractivity contribution is 0.339. The van der Waals surface area contributed by atoms with Crippen molar-refractivity contribution < 1.29 is 0 Å². The molecular weight excluding hydrogens is 148 g/mol. The summed E-state index contributed by atoms with van der Waals surface area (Å²) in [7, 11) is 0. The highest BCUT2D eigenvalue weighted by molar-refractivity contribution is 5.25. The first-order valence-corrected chi connectivity index (χ1v) is 4.50. The molecule has 1 rings (SSSR count). The fourth-order valence-electron chi connectivity index (χ4n) is 1.36. The van der Waals surface area contributed by atoms with Crippen molar-refractivity contribution >= 4 is 0 Å². The zero-order valence-corrected chi connectivity index (χ0v) is 8.09. The zero-order chi connectivity index (χ0) is 9.35. The lowest BCUT2D eigenvalue weighted by Gasteiger charge is -2.33. The molecule has 2 nitrogen and oxygen atoms in total. The SMILES string of the molecule is CC(C)C1C#CC(C)(N)C(N)C1. The van der Waals surface area contributed by atoms with Crippen molar-refractivity contribution in [1.82, 2.24) is 0 Å². The molecule has 2 heteroatoms. The van der Waals surface area contributed by atoms with Crippen LogP contribution in [0.4, 0.5) is 0 Å². The molecular formula is C10H18N2. The third-order valence-corrected chi connectivity index (χ3v) is 2.61. The van der Waals surface area contributed by atoms with Crippen LogP contribution < -0.4 is 11.5 Å². The van der Waals surface area contributed by atoms with Crippen LogP contribution in [0.5, 0.6) is 0 Å². The molecule has 4 N–H and O–H groups in total. The van der Waals surface area contributed by atoms with Gasteiger partial charge in [-0.3, -0.25) is 0 Å². The summed E-state index contributed by atoms with van der Waals surface area (Å²) in [6.45, 7) is 6.25. The smallest absolute Gasteiger partial charge is 0.0900 e. The van der Waals surface area contributed by atoms with Gasteiger partial charge in [0.05, 0.1) is 5.54 Å². The predicted molar refractivity (Wildman–Crippen MR) is 51.3 cm³/mol. The van der Waals surface area contributed by atoms with E-state index >= 15 is 0 Å². The van der Waals surface area contributed by atoms with Crippen LogP contribution in [0.2, 0.25) is 0 Å². The summed E-state index contributed by atoms with van der Waals surface area (Å²) in [6.07, 6.45) is 0.928. The lowest BCUT2D eigenvalue weighted by atomic mass is 9.78. The number of nitrogens with two attached hydrogens (primary N) is 2. The van der Waals surface area contributed by atoms with E-state index in [0.29, 0.717) is 11.8 Å². The molecule has 3 unspecified atom stereocenters. The first kappa shape index (κ1) is 9.57. The number of hydrogen-bond acceptors (Lipinski definition) is 2. The van der Waals surface area contributed by atoms with Crippen molar-refractivity contribution in [3.8, 4) is 11.8 Å². The van der Waals surface area contributed by atoms with E-state index in [1.54, 1.807) is 0 Å². The van der Waals surface area contributed by atoms with E-state index in [1.165, 1.54) is 0 Å². The Bertz CT molecular complexity index is 220. The van der Waals surface area contributed by atoms with Crippen LogP contribution in [-0.4, -0.2) is 11.6 Å². The molecule has 1 aliphatic rings. The molecule has 0 fully saturated rings.